The lowest BCUT2D eigenvalue weighted by Gasteiger charge is -2.12. The van der Waals surface area contributed by atoms with Crippen LogP contribution in [0.15, 0.2) is 35.1 Å². The smallest absolute Gasteiger partial charge is 0.487 e. The third-order valence-corrected chi connectivity index (χ3v) is 3.00. The summed E-state index contributed by atoms with van der Waals surface area (Å²) in [5, 5.41) is 0.259. The van der Waals surface area contributed by atoms with E-state index in [1.807, 2.05) is 0 Å². The van der Waals surface area contributed by atoms with Gasteiger partial charge in [-0.3, -0.25) is 4.98 Å². The highest BCUT2D eigenvalue weighted by Crippen LogP contribution is 2.33. The van der Waals surface area contributed by atoms with Crippen LogP contribution in [0.1, 0.15) is 5.69 Å². The van der Waals surface area contributed by atoms with Gasteiger partial charge in [0.1, 0.15) is 23.3 Å². The number of hydrogen-bond donors (Lipinski definition) is 0. The quantitative estimate of drug-likeness (QED) is 0.786. The van der Waals surface area contributed by atoms with Gasteiger partial charge in [0.2, 0.25) is 0 Å². The van der Waals surface area contributed by atoms with Gasteiger partial charge >= 0.3 is 6.36 Å². The Morgan fingerprint density at radius 2 is 1.95 bits per heavy atom. The predicted molar refractivity (Wildman–Crippen MR) is 72.2 cm³/mol. The molecule has 0 saturated heterocycles. The Bertz CT molecular complexity index is 623. The van der Waals surface area contributed by atoms with Crippen molar-refractivity contribution in [2.24, 2.45) is 0 Å². The van der Waals surface area contributed by atoms with Crippen LogP contribution in [-0.2, 0) is 6.61 Å². The number of ether oxygens (including phenoxy) is 2. The van der Waals surface area contributed by atoms with E-state index in [1.165, 1.54) is 24.5 Å². The van der Waals surface area contributed by atoms with E-state index in [-0.39, 0.29) is 22.0 Å². The zero-order valence-corrected chi connectivity index (χ0v) is 12.5. The van der Waals surface area contributed by atoms with E-state index in [0.717, 1.165) is 6.07 Å². The van der Waals surface area contributed by atoms with Crippen molar-refractivity contribution in [3.8, 4) is 11.5 Å². The Balaban J connectivity index is 2.01. The summed E-state index contributed by atoms with van der Waals surface area (Å²) in [5.74, 6) is 0.00860. The molecule has 21 heavy (non-hydrogen) atoms. The van der Waals surface area contributed by atoms with Gasteiger partial charge in [0.25, 0.3) is 0 Å². The summed E-state index contributed by atoms with van der Waals surface area (Å²) in [6.07, 6.45) is -1.93. The number of aromatic nitrogens is 2. The molecular weight excluding hydrogens is 376 g/mol. The maximum Gasteiger partial charge on any atom is 0.573 e. The molecule has 0 fully saturated rings. The fourth-order valence-corrected chi connectivity index (χ4v) is 1.89. The average molecular weight is 384 g/mol. The second-order valence-corrected chi connectivity index (χ2v) is 5.00. The van der Waals surface area contributed by atoms with E-state index in [1.54, 1.807) is 0 Å². The highest BCUT2D eigenvalue weighted by atomic mass is 79.9. The molecule has 0 aliphatic carbocycles. The minimum Gasteiger partial charge on any atom is -0.487 e. The normalized spacial score (nSPS) is 11.3. The lowest BCUT2D eigenvalue weighted by molar-refractivity contribution is -0.274. The highest BCUT2D eigenvalue weighted by Gasteiger charge is 2.31. The van der Waals surface area contributed by atoms with Crippen molar-refractivity contribution in [3.05, 3.63) is 45.9 Å². The van der Waals surface area contributed by atoms with Gasteiger partial charge in [-0.15, -0.1) is 13.2 Å². The van der Waals surface area contributed by atoms with Crippen LogP contribution < -0.4 is 9.47 Å². The van der Waals surface area contributed by atoms with Crippen LogP contribution in [-0.4, -0.2) is 16.3 Å². The molecule has 9 heteroatoms. The third-order valence-electron chi connectivity index (χ3n) is 2.19. The lowest BCUT2D eigenvalue weighted by atomic mass is 10.3. The molecule has 2 aromatic rings. The Hall–Kier alpha value is -1.54. The standard InChI is InChI=1S/C12H7BrClF3N2O2/c13-9-3-8(1-2-10(9)21-12(15,16)17)20-6-7-4-19-11(14)5-18-7/h1-5H,6H2. The number of benzene rings is 1. The summed E-state index contributed by atoms with van der Waals surface area (Å²) in [6, 6.07) is 3.88. The minimum absolute atomic E-state index is 0.107. The number of rotatable bonds is 4. The van der Waals surface area contributed by atoms with Crippen LogP contribution in [0.2, 0.25) is 5.15 Å². The van der Waals surface area contributed by atoms with Gasteiger partial charge in [0.05, 0.1) is 22.6 Å². The maximum absolute atomic E-state index is 12.1. The Morgan fingerprint density at radius 1 is 1.19 bits per heavy atom. The first-order valence-corrected chi connectivity index (χ1v) is 6.65. The molecule has 0 aliphatic heterocycles. The molecule has 0 atom stereocenters. The van der Waals surface area contributed by atoms with E-state index in [0.29, 0.717) is 11.4 Å². The topological polar surface area (TPSA) is 44.2 Å². The number of halogens is 5. The molecule has 0 amide bonds. The number of hydrogen-bond acceptors (Lipinski definition) is 4. The molecule has 2 rings (SSSR count). The van der Waals surface area contributed by atoms with Gasteiger partial charge in [0.15, 0.2) is 0 Å². The van der Waals surface area contributed by atoms with Crippen LogP contribution >= 0.6 is 27.5 Å². The number of nitrogens with zero attached hydrogens (tertiary/aromatic N) is 2. The molecule has 0 saturated carbocycles. The molecule has 1 aromatic carbocycles. The van der Waals surface area contributed by atoms with Gasteiger partial charge in [-0.25, -0.2) is 4.98 Å². The van der Waals surface area contributed by atoms with Crippen LogP contribution in [0.5, 0.6) is 11.5 Å². The van der Waals surface area contributed by atoms with Gasteiger partial charge in [-0.05, 0) is 34.1 Å². The van der Waals surface area contributed by atoms with Crippen molar-refractivity contribution in [2.45, 2.75) is 13.0 Å². The molecule has 4 nitrogen and oxygen atoms in total. The molecule has 112 valence electrons. The summed E-state index contributed by atoms with van der Waals surface area (Å²) in [4.78, 5) is 7.81. The monoisotopic (exact) mass is 382 g/mol. The van der Waals surface area contributed by atoms with Crippen molar-refractivity contribution in [1.82, 2.24) is 9.97 Å². The highest BCUT2D eigenvalue weighted by molar-refractivity contribution is 9.10. The minimum atomic E-state index is -4.75. The van der Waals surface area contributed by atoms with Crippen molar-refractivity contribution in [2.75, 3.05) is 0 Å². The summed E-state index contributed by atoms with van der Waals surface area (Å²) in [7, 11) is 0. The van der Waals surface area contributed by atoms with Crippen molar-refractivity contribution in [3.63, 3.8) is 0 Å². The average Bonchev–Trinajstić information content (AvgIpc) is 2.40. The SMILES string of the molecule is FC(F)(F)Oc1ccc(OCc2cnc(Cl)cn2)cc1Br. The molecule has 1 aromatic heterocycles. The van der Waals surface area contributed by atoms with Gasteiger partial charge in [-0.1, -0.05) is 11.6 Å². The fraction of sp³-hybridized carbons (Fsp3) is 0.167. The van der Waals surface area contributed by atoms with Gasteiger partial charge in [-0.2, -0.15) is 0 Å². The zero-order valence-electron chi connectivity index (χ0n) is 10.2. The van der Waals surface area contributed by atoms with Gasteiger partial charge < -0.3 is 9.47 Å². The number of alkyl halides is 3. The fourth-order valence-electron chi connectivity index (χ4n) is 1.35. The van der Waals surface area contributed by atoms with E-state index in [2.05, 4.69) is 30.6 Å². The zero-order chi connectivity index (χ0) is 15.5. The molecule has 1 heterocycles. The first-order valence-electron chi connectivity index (χ1n) is 5.48. The summed E-state index contributed by atoms with van der Waals surface area (Å²) in [6.45, 7) is 0.107. The maximum atomic E-state index is 12.1. The van der Waals surface area contributed by atoms with Crippen LogP contribution in [0.4, 0.5) is 13.2 Å². The first-order chi connectivity index (χ1) is 9.83. The molecular formula is C12H7BrClF3N2O2. The first kappa shape index (κ1) is 15.8. The predicted octanol–water partition coefficient (Wildman–Crippen LogP) is 4.37. The molecule has 0 unspecified atom stereocenters. The Labute approximate surface area is 131 Å². The largest absolute Gasteiger partial charge is 0.573 e. The molecule has 0 bridgehead atoms. The van der Waals surface area contributed by atoms with E-state index >= 15 is 0 Å². The van der Waals surface area contributed by atoms with E-state index in [4.69, 9.17) is 16.3 Å². The van der Waals surface area contributed by atoms with Crippen molar-refractivity contribution < 1.29 is 22.6 Å². The van der Waals surface area contributed by atoms with Crippen molar-refractivity contribution in [1.29, 1.82) is 0 Å². The summed E-state index contributed by atoms with van der Waals surface area (Å²) < 4.78 is 45.7. The second kappa shape index (κ2) is 6.48. The Morgan fingerprint density at radius 3 is 2.52 bits per heavy atom. The van der Waals surface area contributed by atoms with Crippen LogP contribution in [0, 0.1) is 0 Å². The summed E-state index contributed by atoms with van der Waals surface area (Å²) >= 11 is 8.58. The Kier molecular flexibility index (Phi) is 4.89. The third kappa shape index (κ3) is 5.05. The molecule has 0 N–H and O–H groups in total. The summed E-state index contributed by atoms with van der Waals surface area (Å²) in [5.41, 5.74) is 0.533. The van der Waals surface area contributed by atoms with Gasteiger partial charge in [0, 0.05) is 0 Å². The van der Waals surface area contributed by atoms with E-state index in [9.17, 15) is 13.2 Å². The van der Waals surface area contributed by atoms with Crippen molar-refractivity contribution >= 4 is 27.5 Å². The van der Waals surface area contributed by atoms with E-state index < -0.39 is 6.36 Å². The lowest BCUT2D eigenvalue weighted by Crippen LogP contribution is -2.17. The second-order valence-electron chi connectivity index (χ2n) is 3.76. The molecule has 0 radical (unpaired) electrons. The van der Waals surface area contributed by atoms with Crippen LogP contribution in [0.3, 0.4) is 0 Å². The molecule has 0 aliphatic rings. The van der Waals surface area contributed by atoms with Crippen LogP contribution in [0.25, 0.3) is 0 Å². The molecule has 0 spiro atoms.